The highest BCUT2D eigenvalue weighted by molar-refractivity contribution is 5.44. The van der Waals surface area contributed by atoms with Crippen LogP contribution in [0.4, 0.5) is 0 Å². The van der Waals surface area contributed by atoms with E-state index < -0.39 is 0 Å². The van der Waals surface area contributed by atoms with Gasteiger partial charge < -0.3 is 14.4 Å². The Balaban J connectivity index is 2.04. The minimum atomic E-state index is 0.173. The number of aromatic nitrogens is 1. The summed E-state index contributed by atoms with van der Waals surface area (Å²) in [6.07, 6.45) is 3.30. The molecule has 0 aliphatic carbocycles. The van der Waals surface area contributed by atoms with Crippen LogP contribution in [0.15, 0.2) is 36.5 Å². The fraction of sp³-hybridized carbons (Fsp3) is 0.474. The van der Waals surface area contributed by atoms with Crippen molar-refractivity contribution >= 4 is 0 Å². The van der Waals surface area contributed by atoms with Crippen LogP contribution in [-0.4, -0.2) is 34.8 Å². The summed E-state index contributed by atoms with van der Waals surface area (Å²) in [6.45, 7) is 7.68. The Morgan fingerprint density at radius 1 is 1.26 bits per heavy atom. The maximum atomic E-state index is 10.2. The van der Waals surface area contributed by atoms with E-state index in [2.05, 4.69) is 47.7 Å². The largest absolute Gasteiger partial charge is 0.504 e. The highest BCUT2D eigenvalue weighted by atomic mass is 16.5. The van der Waals surface area contributed by atoms with E-state index in [4.69, 9.17) is 4.74 Å². The number of aryl methyl sites for hydroxylation is 1. The maximum absolute atomic E-state index is 10.2. The van der Waals surface area contributed by atoms with Gasteiger partial charge in [-0.1, -0.05) is 19.9 Å². The summed E-state index contributed by atoms with van der Waals surface area (Å²) in [5.74, 6) is 1.33. The summed E-state index contributed by atoms with van der Waals surface area (Å²) in [5, 5.41) is 10.2. The van der Waals surface area contributed by atoms with Gasteiger partial charge >= 0.3 is 0 Å². The predicted octanol–water partition coefficient (Wildman–Crippen LogP) is 3.65. The number of ether oxygens (including phenoxy) is 1. The molecule has 0 spiro atoms. The van der Waals surface area contributed by atoms with Gasteiger partial charge in [-0.3, -0.25) is 4.90 Å². The number of rotatable bonds is 4. The molecule has 0 saturated heterocycles. The molecule has 0 bridgehead atoms. The first kappa shape index (κ1) is 15.9. The molecule has 2 heterocycles. The van der Waals surface area contributed by atoms with E-state index >= 15 is 0 Å². The summed E-state index contributed by atoms with van der Waals surface area (Å²) in [5.41, 5.74) is 2.42. The predicted molar refractivity (Wildman–Crippen MR) is 92.0 cm³/mol. The fourth-order valence-corrected chi connectivity index (χ4v) is 3.56. The van der Waals surface area contributed by atoms with E-state index in [0.29, 0.717) is 11.7 Å². The smallest absolute Gasteiger partial charge is 0.160 e. The quantitative estimate of drug-likeness (QED) is 0.936. The highest BCUT2D eigenvalue weighted by Crippen LogP contribution is 2.36. The molecule has 1 atom stereocenters. The van der Waals surface area contributed by atoms with Gasteiger partial charge in [0, 0.05) is 31.5 Å². The van der Waals surface area contributed by atoms with Crippen LogP contribution in [0.25, 0.3) is 0 Å². The molecule has 1 unspecified atom stereocenters. The first-order valence-corrected chi connectivity index (χ1v) is 8.36. The topological polar surface area (TPSA) is 37.6 Å². The Hall–Kier alpha value is -1.94. The number of benzene rings is 1. The van der Waals surface area contributed by atoms with Gasteiger partial charge in [0.25, 0.3) is 0 Å². The first-order valence-electron chi connectivity index (χ1n) is 8.36. The zero-order chi connectivity index (χ0) is 16.4. The molecule has 124 valence electrons. The van der Waals surface area contributed by atoms with Crippen molar-refractivity contribution in [3.8, 4) is 11.5 Å². The second kappa shape index (κ2) is 6.67. The minimum Gasteiger partial charge on any atom is -0.504 e. The molecular weight excluding hydrogens is 288 g/mol. The monoisotopic (exact) mass is 314 g/mol. The third kappa shape index (κ3) is 3.22. The molecule has 23 heavy (non-hydrogen) atoms. The van der Waals surface area contributed by atoms with Gasteiger partial charge in [0.05, 0.1) is 13.2 Å². The van der Waals surface area contributed by atoms with E-state index in [-0.39, 0.29) is 11.8 Å². The van der Waals surface area contributed by atoms with Crippen LogP contribution >= 0.6 is 0 Å². The van der Waals surface area contributed by atoms with Gasteiger partial charge in [0.15, 0.2) is 11.5 Å². The lowest BCUT2D eigenvalue weighted by molar-refractivity contribution is 0.204. The van der Waals surface area contributed by atoms with Gasteiger partial charge in [0.1, 0.15) is 0 Å². The van der Waals surface area contributed by atoms with Crippen molar-refractivity contribution in [3.05, 3.63) is 47.8 Å². The van der Waals surface area contributed by atoms with Gasteiger partial charge in [-0.15, -0.1) is 0 Å². The van der Waals surface area contributed by atoms with Gasteiger partial charge in [-0.05, 0) is 42.2 Å². The van der Waals surface area contributed by atoms with Crippen molar-refractivity contribution < 1.29 is 9.84 Å². The van der Waals surface area contributed by atoms with Gasteiger partial charge in [0.2, 0.25) is 0 Å². The van der Waals surface area contributed by atoms with Crippen LogP contribution in [0.2, 0.25) is 0 Å². The molecule has 0 amide bonds. The fourth-order valence-electron chi connectivity index (χ4n) is 3.56. The Bertz CT molecular complexity index is 663. The van der Waals surface area contributed by atoms with Crippen LogP contribution in [0.3, 0.4) is 0 Å². The second-order valence-electron chi connectivity index (χ2n) is 6.70. The standard InChI is InChI=1S/C19H26N2O2/c1-14(2)13-21-11-5-10-20-9-4-6-16(20)19(21)15-7-8-18(23-3)17(22)12-15/h4,6-9,12,14,19,22H,5,10-11,13H2,1-3H3. The molecular formula is C19H26N2O2. The molecule has 1 aliphatic rings. The number of phenols is 1. The molecule has 1 N–H and O–H groups in total. The van der Waals surface area contributed by atoms with Crippen molar-refractivity contribution in [2.45, 2.75) is 32.9 Å². The number of fused-ring (bicyclic) bond motifs is 1. The lowest BCUT2D eigenvalue weighted by atomic mass is 10.00. The van der Waals surface area contributed by atoms with Gasteiger partial charge in [-0.25, -0.2) is 0 Å². The summed E-state index contributed by atoms with van der Waals surface area (Å²) in [4.78, 5) is 2.53. The molecule has 4 heteroatoms. The van der Waals surface area contributed by atoms with Crippen molar-refractivity contribution in [1.82, 2.24) is 9.47 Å². The Kier molecular flexibility index (Phi) is 4.62. The average molecular weight is 314 g/mol. The van der Waals surface area contributed by atoms with E-state index in [9.17, 15) is 5.11 Å². The normalized spacial score (nSPS) is 18.7. The highest BCUT2D eigenvalue weighted by Gasteiger charge is 2.28. The van der Waals surface area contributed by atoms with Crippen molar-refractivity contribution in [2.75, 3.05) is 20.2 Å². The maximum Gasteiger partial charge on any atom is 0.160 e. The van der Waals surface area contributed by atoms with Crippen LogP contribution in [0, 0.1) is 5.92 Å². The molecule has 1 aromatic heterocycles. The molecule has 2 aromatic rings. The number of methoxy groups -OCH3 is 1. The lowest BCUT2D eigenvalue weighted by Crippen LogP contribution is -2.33. The summed E-state index contributed by atoms with van der Waals surface area (Å²) in [7, 11) is 1.58. The number of hydrogen-bond acceptors (Lipinski definition) is 3. The van der Waals surface area contributed by atoms with Crippen molar-refractivity contribution in [1.29, 1.82) is 0 Å². The zero-order valence-corrected chi connectivity index (χ0v) is 14.2. The summed E-state index contributed by atoms with van der Waals surface area (Å²) >= 11 is 0. The summed E-state index contributed by atoms with van der Waals surface area (Å²) in [6, 6.07) is 10.3. The second-order valence-corrected chi connectivity index (χ2v) is 6.70. The zero-order valence-electron chi connectivity index (χ0n) is 14.2. The van der Waals surface area contributed by atoms with Gasteiger partial charge in [-0.2, -0.15) is 0 Å². The van der Waals surface area contributed by atoms with Crippen LogP contribution < -0.4 is 4.74 Å². The number of aromatic hydroxyl groups is 1. The summed E-state index contributed by atoms with van der Waals surface area (Å²) < 4.78 is 7.53. The van der Waals surface area contributed by atoms with E-state index in [1.807, 2.05) is 12.1 Å². The molecule has 1 aliphatic heterocycles. The van der Waals surface area contributed by atoms with Crippen molar-refractivity contribution in [2.24, 2.45) is 5.92 Å². The van der Waals surface area contributed by atoms with E-state index in [0.717, 1.165) is 31.6 Å². The third-order valence-electron chi connectivity index (χ3n) is 4.47. The average Bonchev–Trinajstić information content (AvgIpc) is 2.89. The SMILES string of the molecule is COc1ccc(C2c3cccn3CCCN2CC(C)C)cc1O. The first-order chi connectivity index (χ1) is 11.1. The number of nitrogens with zero attached hydrogens (tertiary/aromatic N) is 2. The molecule has 0 saturated carbocycles. The Morgan fingerprint density at radius 2 is 2.09 bits per heavy atom. The Morgan fingerprint density at radius 3 is 2.78 bits per heavy atom. The minimum absolute atomic E-state index is 0.173. The lowest BCUT2D eigenvalue weighted by Gasteiger charge is -2.32. The Labute approximate surface area is 138 Å². The van der Waals surface area contributed by atoms with E-state index in [1.165, 1.54) is 5.69 Å². The molecule has 4 nitrogen and oxygen atoms in total. The van der Waals surface area contributed by atoms with Crippen LogP contribution in [-0.2, 0) is 6.54 Å². The third-order valence-corrected chi connectivity index (χ3v) is 4.47. The van der Waals surface area contributed by atoms with Crippen molar-refractivity contribution in [3.63, 3.8) is 0 Å². The number of phenolic OH excluding ortho intramolecular Hbond substituents is 1. The molecule has 1 aromatic carbocycles. The molecule has 0 radical (unpaired) electrons. The van der Waals surface area contributed by atoms with E-state index in [1.54, 1.807) is 7.11 Å². The number of hydrogen-bond donors (Lipinski definition) is 1. The molecule has 0 fully saturated rings. The molecule has 3 rings (SSSR count). The van der Waals surface area contributed by atoms with Crippen LogP contribution in [0.5, 0.6) is 11.5 Å². The van der Waals surface area contributed by atoms with Crippen LogP contribution in [0.1, 0.15) is 37.6 Å².